The molecular formula is C14H12ClNO. The average molecular weight is 246 g/mol. The van der Waals surface area contributed by atoms with Gasteiger partial charge in [0.05, 0.1) is 5.69 Å². The van der Waals surface area contributed by atoms with Gasteiger partial charge in [-0.2, -0.15) is 0 Å². The third kappa shape index (κ3) is 2.48. The van der Waals surface area contributed by atoms with Crippen molar-refractivity contribution in [3.8, 4) is 0 Å². The third-order valence-electron chi connectivity index (χ3n) is 2.64. The van der Waals surface area contributed by atoms with Crippen LogP contribution in [0.25, 0.3) is 0 Å². The number of benzene rings is 2. The lowest BCUT2D eigenvalue weighted by Crippen LogP contribution is -2.11. The minimum atomic E-state index is 0.671. The Morgan fingerprint density at radius 2 is 1.71 bits per heavy atom. The Kier molecular flexibility index (Phi) is 3.45. The molecule has 0 aliphatic carbocycles. The van der Waals surface area contributed by atoms with Crippen LogP contribution in [0.15, 0.2) is 48.5 Å². The van der Waals surface area contributed by atoms with Crippen molar-refractivity contribution in [2.45, 2.75) is 0 Å². The van der Waals surface area contributed by atoms with E-state index >= 15 is 0 Å². The molecule has 17 heavy (non-hydrogen) atoms. The molecule has 2 rings (SSSR count). The number of nitrogens with zero attached hydrogens (tertiary/aromatic N) is 1. The Hall–Kier alpha value is -1.80. The molecule has 2 aromatic rings. The van der Waals surface area contributed by atoms with Gasteiger partial charge in [0.15, 0.2) is 6.29 Å². The highest BCUT2D eigenvalue weighted by Gasteiger charge is 2.07. The second kappa shape index (κ2) is 5.02. The number of carbonyl (C=O) groups excluding carboxylic acids is 1. The first kappa shape index (κ1) is 11.7. The molecule has 2 aromatic carbocycles. The van der Waals surface area contributed by atoms with Gasteiger partial charge in [-0.1, -0.05) is 23.7 Å². The molecule has 2 nitrogen and oxygen atoms in total. The zero-order chi connectivity index (χ0) is 12.3. The molecule has 0 saturated heterocycles. The number of halogens is 1. The summed E-state index contributed by atoms with van der Waals surface area (Å²) in [6.07, 6.45) is 0.863. The van der Waals surface area contributed by atoms with Crippen molar-refractivity contribution < 1.29 is 4.79 Å². The van der Waals surface area contributed by atoms with Gasteiger partial charge in [-0.3, -0.25) is 4.79 Å². The topological polar surface area (TPSA) is 20.3 Å². The van der Waals surface area contributed by atoms with E-state index in [1.54, 1.807) is 6.07 Å². The fourth-order valence-electron chi connectivity index (χ4n) is 1.70. The molecule has 0 aliphatic heterocycles. The zero-order valence-corrected chi connectivity index (χ0v) is 10.2. The highest BCUT2D eigenvalue weighted by Crippen LogP contribution is 2.26. The smallest absolute Gasteiger partial charge is 0.152 e. The van der Waals surface area contributed by atoms with E-state index in [4.69, 9.17) is 11.6 Å². The highest BCUT2D eigenvalue weighted by molar-refractivity contribution is 6.30. The van der Waals surface area contributed by atoms with Crippen molar-refractivity contribution in [3.05, 3.63) is 59.1 Å². The maximum Gasteiger partial charge on any atom is 0.152 e. The molecule has 0 bridgehead atoms. The summed E-state index contributed by atoms with van der Waals surface area (Å²) in [6, 6.07) is 15.0. The normalized spacial score (nSPS) is 10.0. The van der Waals surface area contributed by atoms with Gasteiger partial charge in [-0.25, -0.2) is 0 Å². The lowest BCUT2D eigenvalue weighted by atomic mass is 10.1. The van der Waals surface area contributed by atoms with Crippen LogP contribution in [0.4, 0.5) is 11.4 Å². The van der Waals surface area contributed by atoms with E-state index in [1.807, 2.05) is 54.4 Å². The van der Waals surface area contributed by atoms with Crippen molar-refractivity contribution in [2.75, 3.05) is 11.9 Å². The van der Waals surface area contributed by atoms with Crippen LogP contribution in [-0.4, -0.2) is 13.3 Å². The van der Waals surface area contributed by atoms with Crippen LogP contribution in [-0.2, 0) is 0 Å². The van der Waals surface area contributed by atoms with Crippen LogP contribution in [0, 0.1) is 0 Å². The highest BCUT2D eigenvalue weighted by atomic mass is 35.5. The van der Waals surface area contributed by atoms with Gasteiger partial charge in [-0.05, 0) is 36.4 Å². The van der Waals surface area contributed by atoms with Crippen molar-refractivity contribution in [3.63, 3.8) is 0 Å². The SMILES string of the molecule is CN(c1ccc(Cl)cc1)c1ccccc1C=O. The van der Waals surface area contributed by atoms with E-state index in [0.717, 1.165) is 17.7 Å². The molecule has 0 atom stereocenters. The molecular weight excluding hydrogens is 234 g/mol. The second-order valence-corrected chi connectivity index (χ2v) is 4.15. The molecule has 0 N–H and O–H groups in total. The number of hydrogen-bond donors (Lipinski definition) is 0. The fourth-order valence-corrected chi connectivity index (χ4v) is 1.82. The van der Waals surface area contributed by atoms with E-state index in [-0.39, 0.29) is 0 Å². The van der Waals surface area contributed by atoms with Crippen molar-refractivity contribution >= 4 is 29.3 Å². The zero-order valence-electron chi connectivity index (χ0n) is 9.43. The monoisotopic (exact) mass is 245 g/mol. The molecule has 0 unspecified atom stereocenters. The van der Waals surface area contributed by atoms with Gasteiger partial charge in [0, 0.05) is 23.3 Å². The fraction of sp³-hybridized carbons (Fsp3) is 0.0714. The van der Waals surface area contributed by atoms with Gasteiger partial charge in [0.2, 0.25) is 0 Å². The Balaban J connectivity index is 2.39. The molecule has 0 heterocycles. The summed E-state index contributed by atoms with van der Waals surface area (Å²) in [5, 5.41) is 0.700. The molecule has 0 spiro atoms. The lowest BCUT2D eigenvalue weighted by Gasteiger charge is -2.21. The molecule has 0 radical (unpaired) electrons. The Morgan fingerprint density at radius 3 is 2.35 bits per heavy atom. The standard InChI is InChI=1S/C14H12ClNO/c1-16(13-8-6-12(15)7-9-13)14-5-3-2-4-11(14)10-17/h2-10H,1H3. The van der Waals surface area contributed by atoms with Crippen LogP contribution >= 0.6 is 11.6 Å². The second-order valence-electron chi connectivity index (χ2n) is 3.71. The van der Waals surface area contributed by atoms with E-state index in [0.29, 0.717) is 10.6 Å². The summed E-state index contributed by atoms with van der Waals surface area (Å²) < 4.78 is 0. The van der Waals surface area contributed by atoms with E-state index < -0.39 is 0 Å². The van der Waals surface area contributed by atoms with E-state index in [2.05, 4.69) is 0 Å². The van der Waals surface area contributed by atoms with Crippen molar-refractivity contribution in [2.24, 2.45) is 0 Å². The molecule has 0 amide bonds. The van der Waals surface area contributed by atoms with Gasteiger partial charge >= 0.3 is 0 Å². The number of anilines is 2. The molecule has 0 fully saturated rings. The Labute approximate surface area is 105 Å². The van der Waals surface area contributed by atoms with E-state index in [1.165, 1.54) is 0 Å². The largest absolute Gasteiger partial charge is 0.344 e. The predicted octanol–water partition coefficient (Wildman–Crippen LogP) is 3.92. The summed E-state index contributed by atoms with van der Waals surface area (Å²) in [5.74, 6) is 0. The maximum absolute atomic E-state index is 11.0. The van der Waals surface area contributed by atoms with Crippen molar-refractivity contribution in [1.82, 2.24) is 0 Å². The minimum absolute atomic E-state index is 0.671. The molecule has 3 heteroatoms. The van der Waals surface area contributed by atoms with Crippen LogP contribution in [0.1, 0.15) is 10.4 Å². The average Bonchev–Trinajstić information content (AvgIpc) is 2.39. The summed E-state index contributed by atoms with van der Waals surface area (Å²) in [6.45, 7) is 0. The Morgan fingerprint density at radius 1 is 1.06 bits per heavy atom. The molecule has 86 valence electrons. The number of hydrogen-bond acceptors (Lipinski definition) is 2. The Bertz CT molecular complexity index is 522. The van der Waals surface area contributed by atoms with Gasteiger partial charge < -0.3 is 4.90 Å². The number of para-hydroxylation sites is 1. The summed E-state index contributed by atoms with van der Waals surface area (Å²) >= 11 is 5.85. The first-order valence-corrected chi connectivity index (χ1v) is 5.63. The number of aldehydes is 1. The number of carbonyl (C=O) groups is 1. The predicted molar refractivity (Wildman–Crippen MR) is 71.3 cm³/mol. The van der Waals surface area contributed by atoms with Crippen LogP contribution < -0.4 is 4.90 Å². The van der Waals surface area contributed by atoms with Crippen LogP contribution in [0.2, 0.25) is 5.02 Å². The first-order valence-electron chi connectivity index (χ1n) is 5.26. The summed E-state index contributed by atoms with van der Waals surface area (Å²) in [4.78, 5) is 12.9. The summed E-state index contributed by atoms with van der Waals surface area (Å²) in [7, 11) is 1.92. The molecule has 0 saturated carbocycles. The van der Waals surface area contributed by atoms with E-state index in [9.17, 15) is 4.79 Å². The van der Waals surface area contributed by atoms with Gasteiger partial charge in [0.1, 0.15) is 0 Å². The first-order chi connectivity index (χ1) is 8.22. The molecule has 0 aliphatic rings. The van der Waals surface area contributed by atoms with Crippen LogP contribution in [0.3, 0.4) is 0 Å². The van der Waals surface area contributed by atoms with Crippen LogP contribution in [0.5, 0.6) is 0 Å². The van der Waals surface area contributed by atoms with Gasteiger partial charge in [-0.15, -0.1) is 0 Å². The van der Waals surface area contributed by atoms with Crippen molar-refractivity contribution in [1.29, 1.82) is 0 Å². The number of rotatable bonds is 3. The lowest BCUT2D eigenvalue weighted by molar-refractivity contribution is 0.112. The maximum atomic E-state index is 11.0. The third-order valence-corrected chi connectivity index (χ3v) is 2.89. The quantitative estimate of drug-likeness (QED) is 0.764. The van der Waals surface area contributed by atoms with Gasteiger partial charge in [0.25, 0.3) is 0 Å². The molecule has 0 aromatic heterocycles. The minimum Gasteiger partial charge on any atom is -0.344 e. The summed E-state index contributed by atoms with van der Waals surface area (Å²) in [5.41, 5.74) is 2.54.